The van der Waals surface area contributed by atoms with Crippen molar-refractivity contribution in [1.82, 2.24) is 4.90 Å². The van der Waals surface area contributed by atoms with Crippen molar-refractivity contribution in [2.45, 2.75) is 25.2 Å². The third kappa shape index (κ3) is 5.77. The van der Waals surface area contributed by atoms with Crippen LogP contribution in [0, 0.1) is 15.9 Å². The molecule has 6 nitrogen and oxygen atoms in total. The lowest BCUT2D eigenvalue weighted by atomic mass is 9.92. The largest absolute Gasteiger partial charge is 0.488 e. The van der Waals surface area contributed by atoms with Crippen LogP contribution in [0.4, 0.5) is 23.2 Å². The molecule has 1 unspecified atom stereocenters. The van der Waals surface area contributed by atoms with E-state index in [9.17, 15) is 32.8 Å². The topological polar surface area (TPSA) is 75.8 Å². The highest BCUT2D eigenvalue weighted by molar-refractivity contribution is 5.69. The average molecular weight is 490 g/mol. The molecule has 0 aromatic heterocycles. The number of nitrogens with zero attached hydrogens (tertiary/aromatic N) is 2. The van der Waals surface area contributed by atoms with Crippen molar-refractivity contribution in [2.75, 3.05) is 19.7 Å². The molecule has 4 rings (SSSR count). The smallest absolute Gasteiger partial charge is 0.417 e. The number of ether oxygens (including phenoxy) is 1. The fourth-order valence-electron chi connectivity index (χ4n) is 4.18. The predicted octanol–water partition coefficient (Wildman–Crippen LogP) is 5.22. The molecule has 1 aliphatic rings. The summed E-state index contributed by atoms with van der Waals surface area (Å²) in [6.45, 7) is 1.04. The molecule has 0 saturated carbocycles. The molecule has 0 aliphatic carbocycles. The summed E-state index contributed by atoms with van der Waals surface area (Å²) < 4.78 is 59.6. The first-order chi connectivity index (χ1) is 16.6. The number of nitro groups is 1. The molecular weight excluding hydrogens is 468 g/mol. The summed E-state index contributed by atoms with van der Waals surface area (Å²) in [5.41, 5.74) is 1.39. The zero-order chi connectivity index (χ0) is 25.2. The van der Waals surface area contributed by atoms with E-state index >= 15 is 0 Å². The normalized spacial score (nSPS) is 14.9. The number of halogens is 4. The lowest BCUT2D eigenvalue weighted by Gasteiger charge is -2.30. The number of fused-ring (bicyclic) bond motifs is 1. The first kappa shape index (κ1) is 24.6. The SMILES string of the molecule is O=[N+]([O-])c1ccc(OCC(O)CN2CCc3ccc(-c4ccccc4C(F)(F)F)cc3C2)c(F)c1. The van der Waals surface area contributed by atoms with Gasteiger partial charge >= 0.3 is 6.18 Å². The van der Waals surface area contributed by atoms with E-state index in [0.29, 0.717) is 25.1 Å². The molecule has 10 heteroatoms. The van der Waals surface area contributed by atoms with Gasteiger partial charge in [-0.25, -0.2) is 4.39 Å². The second kappa shape index (κ2) is 10.0. The molecule has 1 aliphatic heterocycles. The van der Waals surface area contributed by atoms with Crippen molar-refractivity contribution in [3.05, 3.63) is 93.3 Å². The van der Waals surface area contributed by atoms with E-state index in [4.69, 9.17) is 4.74 Å². The minimum atomic E-state index is -4.47. The summed E-state index contributed by atoms with van der Waals surface area (Å²) >= 11 is 0. The molecule has 0 saturated heterocycles. The Labute approximate surface area is 198 Å². The van der Waals surface area contributed by atoms with Crippen LogP contribution in [0.15, 0.2) is 60.7 Å². The number of β-amino-alcohol motifs (C(OH)–C–C–N with tert-alkyl or cyclic N) is 1. The molecule has 1 N–H and O–H groups in total. The Bertz CT molecular complexity index is 1230. The van der Waals surface area contributed by atoms with Gasteiger partial charge in [-0.15, -0.1) is 0 Å². The van der Waals surface area contributed by atoms with E-state index < -0.39 is 34.3 Å². The number of alkyl halides is 3. The van der Waals surface area contributed by atoms with Crippen LogP contribution in [0.3, 0.4) is 0 Å². The van der Waals surface area contributed by atoms with Crippen molar-refractivity contribution in [3.63, 3.8) is 0 Å². The van der Waals surface area contributed by atoms with Crippen LogP contribution < -0.4 is 4.74 Å². The number of nitro benzene ring substituents is 1. The molecular formula is C25H22F4N2O4. The van der Waals surface area contributed by atoms with Crippen molar-refractivity contribution < 1.29 is 32.3 Å². The van der Waals surface area contributed by atoms with Crippen LogP contribution in [-0.2, 0) is 19.1 Å². The van der Waals surface area contributed by atoms with Gasteiger partial charge in [0.05, 0.1) is 16.6 Å². The van der Waals surface area contributed by atoms with Gasteiger partial charge in [0.1, 0.15) is 12.7 Å². The third-order valence-corrected chi connectivity index (χ3v) is 5.87. The van der Waals surface area contributed by atoms with Gasteiger partial charge in [0, 0.05) is 25.7 Å². The van der Waals surface area contributed by atoms with Crippen molar-refractivity contribution in [3.8, 4) is 16.9 Å². The molecule has 1 heterocycles. The molecule has 0 radical (unpaired) electrons. The fraction of sp³-hybridized carbons (Fsp3) is 0.280. The van der Waals surface area contributed by atoms with Gasteiger partial charge in [-0.2, -0.15) is 13.2 Å². The zero-order valence-electron chi connectivity index (χ0n) is 18.5. The Kier molecular flexibility index (Phi) is 7.04. The monoisotopic (exact) mass is 490 g/mol. The Morgan fingerprint density at radius 3 is 2.57 bits per heavy atom. The van der Waals surface area contributed by atoms with Gasteiger partial charge < -0.3 is 9.84 Å². The van der Waals surface area contributed by atoms with Crippen LogP contribution in [0.1, 0.15) is 16.7 Å². The van der Waals surface area contributed by atoms with Crippen LogP contribution in [0.5, 0.6) is 5.75 Å². The quantitative estimate of drug-likeness (QED) is 0.279. The van der Waals surface area contributed by atoms with Crippen molar-refractivity contribution >= 4 is 5.69 Å². The van der Waals surface area contributed by atoms with Crippen molar-refractivity contribution in [1.29, 1.82) is 0 Å². The van der Waals surface area contributed by atoms with Gasteiger partial charge in [0.15, 0.2) is 11.6 Å². The Hall–Kier alpha value is -3.50. The summed E-state index contributed by atoms with van der Waals surface area (Å²) in [5, 5.41) is 21.1. The van der Waals surface area contributed by atoms with Gasteiger partial charge in [-0.1, -0.05) is 30.3 Å². The van der Waals surface area contributed by atoms with Crippen LogP contribution in [0.25, 0.3) is 11.1 Å². The highest BCUT2D eigenvalue weighted by atomic mass is 19.4. The highest BCUT2D eigenvalue weighted by Gasteiger charge is 2.33. The maximum atomic E-state index is 14.0. The molecule has 0 amide bonds. The average Bonchev–Trinajstić information content (AvgIpc) is 2.82. The van der Waals surface area contributed by atoms with Crippen molar-refractivity contribution in [2.24, 2.45) is 0 Å². The van der Waals surface area contributed by atoms with Gasteiger partial charge in [-0.05, 0) is 46.9 Å². The first-order valence-corrected chi connectivity index (χ1v) is 10.9. The number of non-ortho nitro benzene ring substituents is 1. The number of benzene rings is 3. The Balaban J connectivity index is 1.41. The molecule has 0 bridgehead atoms. The van der Waals surface area contributed by atoms with Gasteiger partial charge in [-0.3, -0.25) is 15.0 Å². The molecule has 0 fully saturated rings. The molecule has 0 spiro atoms. The fourth-order valence-corrected chi connectivity index (χ4v) is 4.18. The van der Waals surface area contributed by atoms with E-state index in [1.807, 2.05) is 11.0 Å². The number of aliphatic hydroxyl groups is 1. The molecule has 1 atom stereocenters. The number of hydrogen-bond donors (Lipinski definition) is 1. The van der Waals surface area contributed by atoms with E-state index in [0.717, 1.165) is 35.4 Å². The lowest BCUT2D eigenvalue weighted by molar-refractivity contribution is -0.385. The molecule has 184 valence electrons. The second-order valence-corrected chi connectivity index (χ2v) is 8.35. The first-order valence-electron chi connectivity index (χ1n) is 10.9. The van der Waals surface area contributed by atoms with Gasteiger partial charge in [0.25, 0.3) is 5.69 Å². The standard InChI is InChI=1S/C25H22F4N2O4/c26-23-12-19(31(33)34)7-8-24(23)35-15-20(32)14-30-10-9-16-5-6-17(11-18(16)13-30)21-3-1-2-4-22(21)25(27,28)29/h1-8,11-12,20,32H,9-10,13-15H2. The minimum absolute atomic E-state index is 0.110. The Morgan fingerprint density at radius 1 is 1.09 bits per heavy atom. The van der Waals surface area contributed by atoms with Crippen LogP contribution in [-0.4, -0.2) is 40.7 Å². The number of rotatable bonds is 7. The van der Waals surface area contributed by atoms with E-state index in [-0.39, 0.29) is 24.5 Å². The summed E-state index contributed by atoms with van der Waals surface area (Å²) in [5.74, 6) is -1.10. The summed E-state index contributed by atoms with van der Waals surface area (Å²) in [6.07, 6.45) is -4.77. The summed E-state index contributed by atoms with van der Waals surface area (Å²) in [7, 11) is 0. The lowest BCUT2D eigenvalue weighted by Crippen LogP contribution is -2.38. The summed E-state index contributed by atoms with van der Waals surface area (Å²) in [6, 6.07) is 13.7. The van der Waals surface area contributed by atoms with Crippen LogP contribution >= 0.6 is 0 Å². The van der Waals surface area contributed by atoms with E-state index in [1.54, 1.807) is 18.2 Å². The van der Waals surface area contributed by atoms with E-state index in [1.165, 1.54) is 12.1 Å². The molecule has 3 aromatic carbocycles. The maximum absolute atomic E-state index is 14.0. The number of hydrogen-bond acceptors (Lipinski definition) is 5. The predicted molar refractivity (Wildman–Crippen MR) is 120 cm³/mol. The third-order valence-electron chi connectivity index (χ3n) is 5.87. The summed E-state index contributed by atoms with van der Waals surface area (Å²) in [4.78, 5) is 11.9. The minimum Gasteiger partial charge on any atom is -0.488 e. The van der Waals surface area contributed by atoms with E-state index in [2.05, 4.69) is 0 Å². The van der Waals surface area contributed by atoms with Crippen LogP contribution in [0.2, 0.25) is 0 Å². The maximum Gasteiger partial charge on any atom is 0.417 e. The molecule has 35 heavy (non-hydrogen) atoms. The number of aliphatic hydroxyl groups excluding tert-OH is 1. The van der Waals surface area contributed by atoms with Gasteiger partial charge in [0.2, 0.25) is 0 Å². The zero-order valence-corrected chi connectivity index (χ0v) is 18.5. The molecule has 3 aromatic rings. The highest BCUT2D eigenvalue weighted by Crippen LogP contribution is 2.38. The Morgan fingerprint density at radius 2 is 1.86 bits per heavy atom. The second-order valence-electron chi connectivity index (χ2n) is 8.35.